The summed E-state index contributed by atoms with van der Waals surface area (Å²) in [6.45, 7) is 1.51. The molecule has 4 nitrogen and oxygen atoms in total. The Kier molecular flexibility index (Phi) is 1.94. The maximum Gasteiger partial charge on any atom is 0.230 e. The largest absolute Gasteiger partial charge is 0.348 e. The van der Waals surface area contributed by atoms with Crippen LogP contribution in [0.3, 0.4) is 0 Å². The molecule has 0 bridgehead atoms. The lowest BCUT2D eigenvalue weighted by molar-refractivity contribution is 0.0938. The molecule has 11 heavy (non-hydrogen) atoms. The molecule has 1 heterocycles. The first kappa shape index (κ1) is 7.78. The Morgan fingerprint density at radius 2 is 2.27 bits per heavy atom. The first-order chi connectivity index (χ1) is 5.13. The number of imidazole rings is 1. The highest BCUT2D eigenvalue weighted by molar-refractivity contribution is 5.79. The van der Waals surface area contributed by atoms with Crippen LogP contribution in [0.25, 0.3) is 0 Å². The van der Waals surface area contributed by atoms with Gasteiger partial charge in [0, 0.05) is 33.4 Å². The molecule has 0 aliphatic heterocycles. The van der Waals surface area contributed by atoms with Gasteiger partial charge in [-0.3, -0.25) is 9.36 Å². The standard InChI is InChI=1S/C7H11N3O/c1-6(11)10-5-4-8-7(10)9(2)3/h4-5H,1-3H3. The summed E-state index contributed by atoms with van der Waals surface area (Å²) >= 11 is 0. The molecule has 0 fully saturated rings. The number of hydrogen-bond donors (Lipinski definition) is 0. The minimum atomic E-state index is -0.0220. The van der Waals surface area contributed by atoms with E-state index in [2.05, 4.69) is 4.98 Å². The number of nitrogens with zero attached hydrogens (tertiary/aromatic N) is 3. The SMILES string of the molecule is CC(=O)n1ccnc1N(C)C. The fourth-order valence-corrected chi connectivity index (χ4v) is 0.872. The van der Waals surface area contributed by atoms with Crippen molar-refractivity contribution in [2.24, 2.45) is 0 Å². The molecule has 0 radical (unpaired) electrons. The molecular formula is C7H11N3O. The molecule has 1 aromatic heterocycles. The molecule has 0 aromatic carbocycles. The van der Waals surface area contributed by atoms with Crippen molar-refractivity contribution in [1.82, 2.24) is 9.55 Å². The fraction of sp³-hybridized carbons (Fsp3) is 0.429. The summed E-state index contributed by atoms with van der Waals surface area (Å²) in [6.07, 6.45) is 3.26. The molecule has 1 rings (SSSR count). The van der Waals surface area contributed by atoms with Crippen molar-refractivity contribution < 1.29 is 4.79 Å². The van der Waals surface area contributed by atoms with E-state index in [1.807, 2.05) is 14.1 Å². The zero-order chi connectivity index (χ0) is 8.43. The zero-order valence-electron chi connectivity index (χ0n) is 6.90. The highest BCUT2D eigenvalue weighted by atomic mass is 16.1. The Morgan fingerprint density at radius 3 is 2.64 bits per heavy atom. The number of anilines is 1. The monoisotopic (exact) mass is 153 g/mol. The molecule has 0 aliphatic rings. The molecule has 0 amide bonds. The zero-order valence-corrected chi connectivity index (χ0v) is 6.90. The van der Waals surface area contributed by atoms with Crippen molar-refractivity contribution in [2.45, 2.75) is 6.92 Å². The number of rotatable bonds is 1. The third-order valence-corrected chi connectivity index (χ3v) is 1.36. The summed E-state index contributed by atoms with van der Waals surface area (Å²) in [7, 11) is 3.70. The van der Waals surface area contributed by atoms with Crippen LogP contribution < -0.4 is 4.90 Å². The Hall–Kier alpha value is -1.32. The number of aromatic nitrogens is 2. The third-order valence-electron chi connectivity index (χ3n) is 1.36. The molecule has 0 atom stereocenters. The molecule has 0 spiro atoms. The maximum absolute atomic E-state index is 10.9. The van der Waals surface area contributed by atoms with Crippen LogP contribution in [-0.2, 0) is 0 Å². The van der Waals surface area contributed by atoms with Crippen LogP contribution in [0, 0.1) is 0 Å². The summed E-state index contributed by atoms with van der Waals surface area (Å²) in [5, 5.41) is 0. The van der Waals surface area contributed by atoms with E-state index in [0.29, 0.717) is 5.95 Å². The predicted molar refractivity (Wildman–Crippen MR) is 42.9 cm³/mol. The molecular weight excluding hydrogens is 142 g/mol. The van der Waals surface area contributed by atoms with Crippen LogP contribution >= 0.6 is 0 Å². The second-order valence-corrected chi connectivity index (χ2v) is 2.51. The molecule has 0 N–H and O–H groups in total. The Morgan fingerprint density at radius 1 is 1.64 bits per heavy atom. The normalized spacial score (nSPS) is 9.73. The minimum absolute atomic E-state index is 0.0220. The molecule has 0 saturated heterocycles. The lowest BCUT2D eigenvalue weighted by atomic mass is 10.6. The average molecular weight is 153 g/mol. The Bertz CT molecular complexity index is 264. The minimum Gasteiger partial charge on any atom is -0.348 e. The Labute approximate surface area is 65.5 Å². The predicted octanol–water partition coefficient (Wildman–Crippen LogP) is 0.609. The van der Waals surface area contributed by atoms with Gasteiger partial charge in [0.05, 0.1) is 0 Å². The van der Waals surface area contributed by atoms with Crippen LogP contribution in [0.4, 0.5) is 5.95 Å². The van der Waals surface area contributed by atoms with Crippen molar-refractivity contribution in [3.05, 3.63) is 12.4 Å². The van der Waals surface area contributed by atoms with Gasteiger partial charge in [0.25, 0.3) is 0 Å². The van der Waals surface area contributed by atoms with Crippen LogP contribution in [-0.4, -0.2) is 29.6 Å². The average Bonchev–Trinajstić information content (AvgIpc) is 2.32. The summed E-state index contributed by atoms with van der Waals surface area (Å²) in [6, 6.07) is 0. The van der Waals surface area contributed by atoms with Crippen molar-refractivity contribution in [2.75, 3.05) is 19.0 Å². The van der Waals surface area contributed by atoms with Gasteiger partial charge in [0.15, 0.2) is 0 Å². The molecule has 60 valence electrons. The summed E-state index contributed by atoms with van der Waals surface area (Å²) < 4.78 is 1.50. The molecule has 4 heteroatoms. The number of carbonyl (C=O) groups is 1. The topological polar surface area (TPSA) is 38.1 Å². The number of hydrogen-bond acceptors (Lipinski definition) is 3. The van der Waals surface area contributed by atoms with Crippen LogP contribution in [0.2, 0.25) is 0 Å². The van der Waals surface area contributed by atoms with Crippen molar-refractivity contribution in [3.63, 3.8) is 0 Å². The number of carbonyl (C=O) groups excluding carboxylic acids is 1. The Balaban J connectivity index is 3.06. The van der Waals surface area contributed by atoms with Gasteiger partial charge in [0.1, 0.15) is 0 Å². The van der Waals surface area contributed by atoms with Gasteiger partial charge >= 0.3 is 0 Å². The smallest absolute Gasteiger partial charge is 0.230 e. The van der Waals surface area contributed by atoms with Gasteiger partial charge in [-0.05, 0) is 0 Å². The van der Waals surface area contributed by atoms with E-state index < -0.39 is 0 Å². The van der Waals surface area contributed by atoms with Gasteiger partial charge in [-0.1, -0.05) is 0 Å². The van der Waals surface area contributed by atoms with Crippen LogP contribution in [0.1, 0.15) is 11.7 Å². The van der Waals surface area contributed by atoms with Crippen LogP contribution in [0.15, 0.2) is 12.4 Å². The second kappa shape index (κ2) is 2.74. The fourth-order valence-electron chi connectivity index (χ4n) is 0.872. The van der Waals surface area contributed by atoms with E-state index in [4.69, 9.17) is 0 Å². The first-order valence-corrected chi connectivity index (χ1v) is 3.34. The van der Waals surface area contributed by atoms with E-state index >= 15 is 0 Å². The molecule has 1 aromatic rings. The van der Waals surface area contributed by atoms with Crippen molar-refractivity contribution >= 4 is 11.9 Å². The quantitative estimate of drug-likeness (QED) is 0.593. The lowest BCUT2D eigenvalue weighted by Gasteiger charge is -2.11. The summed E-state index contributed by atoms with van der Waals surface area (Å²) in [5.41, 5.74) is 0. The summed E-state index contributed by atoms with van der Waals surface area (Å²) in [4.78, 5) is 16.7. The first-order valence-electron chi connectivity index (χ1n) is 3.34. The third kappa shape index (κ3) is 1.39. The van der Waals surface area contributed by atoms with Gasteiger partial charge in [0.2, 0.25) is 11.9 Å². The van der Waals surface area contributed by atoms with Gasteiger partial charge in [-0.25, -0.2) is 4.98 Å². The van der Waals surface area contributed by atoms with Crippen molar-refractivity contribution in [3.8, 4) is 0 Å². The van der Waals surface area contributed by atoms with Gasteiger partial charge in [-0.2, -0.15) is 0 Å². The summed E-state index contributed by atoms with van der Waals surface area (Å²) in [5.74, 6) is 0.642. The molecule has 0 unspecified atom stereocenters. The lowest BCUT2D eigenvalue weighted by Crippen LogP contribution is -2.17. The van der Waals surface area contributed by atoms with E-state index in [1.54, 1.807) is 17.3 Å². The molecule has 0 aliphatic carbocycles. The van der Waals surface area contributed by atoms with E-state index in [9.17, 15) is 4.79 Å². The van der Waals surface area contributed by atoms with Crippen molar-refractivity contribution in [1.29, 1.82) is 0 Å². The maximum atomic E-state index is 10.9. The van der Waals surface area contributed by atoms with E-state index in [-0.39, 0.29) is 5.91 Å². The molecule has 0 saturated carbocycles. The highest BCUT2D eigenvalue weighted by Gasteiger charge is 2.06. The van der Waals surface area contributed by atoms with Gasteiger partial charge < -0.3 is 4.90 Å². The van der Waals surface area contributed by atoms with E-state index in [0.717, 1.165) is 0 Å². The van der Waals surface area contributed by atoms with Crippen LogP contribution in [0.5, 0.6) is 0 Å². The van der Waals surface area contributed by atoms with E-state index in [1.165, 1.54) is 11.5 Å². The van der Waals surface area contributed by atoms with Gasteiger partial charge in [-0.15, -0.1) is 0 Å². The second-order valence-electron chi connectivity index (χ2n) is 2.51. The highest BCUT2D eigenvalue weighted by Crippen LogP contribution is 2.06.